The van der Waals surface area contributed by atoms with Gasteiger partial charge in [-0.05, 0) is 59.0 Å². The van der Waals surface area contributed by atoms with Crippen LogP contribution in [0.2, 0.25) is 0 Å². The molecule has 0 aliphatic heterocycles. The van der Waals surface area contributed by atoms with Crippen LogP contribution in [0, 0.1) is 0 Å². The maximum absolute atomic E-state index is 13.0. The number of hydrogen-bond donors (Lipinski definition) is 1. The number of fused-ring (bicyclic) bond motifs is 1. The number of rotatable bonds is 6. The van der Waals surface area contributed by atoms with Gasteiger partial charge in [-0.2, -0.15) is 26.3 Å². The Hall–Kier alpha value is -2.81. The van der Waals surface area contributed by atoms with Gasteiger partial charge in [0, 0.05) is 17.7 Å². The molecule has 0 bridgehead atoms. The molecule has 0 aliphatic rings. The molecule has 2 aromatic carbocycles. The lowest BCUT2D eigenvalue weighted by Crippen LogP contribution is -2.34. The third-order valence-corrected chi connectivity index (χ3v) is 5.79. The molecule has 3 aromatic rings. The number of benzene rings is 2. The molecule has 0 radical (unpaired) electrons. The molecule has 0 aliphatic carbocycles. The summed E-state index contributed by atoms with van der Waals surface area (Å²) in [6.07, 6.45) is -6.40. The molecule has 1 atom stereocenters. The molecule has 0 saturated carbocycles. The van der Waals surface area contributed by atoms with Crippen LogP contribution in [0.15, 0.2) is 53.9 Å². The molecule has 9 heteroatoms. The van der Waals surface area contributed by atoms with Gasteiger partial charge in [0.25, 0.3) is 0 Å². The summed E-state index contributed by atoms with van der Waals surface area (Å²) in [5, 5.41) is 5.82. The zero-order chi connectivity index (χ0) is 23.5. The molecule has 1 N–H and O–H groups in total. The molecule has 1 heterocycles. The van der Waals surface area contributed by atoms with E-state index in [1.807, 2.05) is 29.6 Å². The van der Waals surface area contributed by atoms with Crippen molar-refractivity contribution in [2.75, 3.05) is 0 Å². The van der Waals surface area contributed by atoms with E-state index in [9.17, 15) is 31.1 Å². The van der Waals surface area contributed by atoms with Crippen molar-refractivity contribution in [3.8, 4) is 0 Å². The van der Waals surface area contributed by atoms with Gasteiger partial charge in [-0.1, -0.05) is 30.4 Å². The summed E-state index contributed by atoms with van der Waals surface area (Å²) in [6.45, 7) is 1.35. The summed E-state index contributed by atoms with van der Waals surface area (Å²) in [7, 11) is 0. The van der Waals surface area contributed by atoms with Crippen molar-refractivity contribution in [2.24, 2.45) is 0 Å². The highest BCUT2D eigenvalue weighted by atomic mass is 32.1. The minimum atomic E-state index is -4.90. The maximum Gasteiger partial charge on any atom is 0.416 e. The van der Waals surface area contributed by atoms with Crippen LogP contribution in [0.25, 0.3) is 16.2 Å². The van der Waals surface area contributed by atoms with Gasteiger partial charge in [0.2, 0.25) is 5.91 Å². The number of hydrogen-bond acceptors (Lipinski definition) is 2. The Morgan fingerprint density at radius 1 is 1.03 bits per heavy atom. The van der Waals surface area contributed by atoms with Crippen molar-refractivity contribution in [3.63, 3.8) is 0 Å². The van der Waals surface area contributed by atoms with Crippen molar-refractivity contribution in [1.82, 2.24) is 5.32 Å². The number of alkyl halides is 6. The molecular formula is C23H19F6NOS. The van der Waals surface area contributed by atoms with Gasteiger partial charge in [0.15, 0.2) is 0 Å². The van der Waals surface area contributed by atoms with Gasteiger partial charge >= 0.3 is 12.4 Å². The van der Waals surface area contributed by atoms with Gasteiger partial charge in [0.05, 0.1) is 11.1 Å². The second kappa shape index (κ2) is 9.36. The average molecular weight is 471 g/mol. The summed E-state index contributed by atoms with van der Waals surface area (Å²) >= 11 is 1.56. The van der Waals surface area contributed by atoms with Crippen LogP contribution >= 0.6 is 11.3 Å². The normalized spacial score (nSPS) is 13.6. The predicted octanol–water partition coefficient (Wildman–Crippen LogP) is 7.09. The molecule has 32 heavy (non-hydrogen) atoms. The third kappa shape index (κ3) is 6.12. The molecule has 1 unspecified atom stereocenters. The molecular weight excluding hydrogens is 452 g/mol. The second-order valence-electron chi connectivity index (χ2n) is 7.34. The molecule has 1 aromatic heterocycles. The number of carbonyl (C=O) groups is 1. The number of thiophene rings is 1. The summed E-state index contributed by atoms with van der Waals surface area (Å²) < 4.78 is 79.3. The van der Waals surface area contributed by atoms with E-state index >= 15 is 0 Å². The van der Waals surface area contributed by atoms with Crippen LogP contribution in [0.4, 0.5) is 26.3 Å². The Morgan fingerprint density at radius 2 is 1.66 bits per heavy atom. The summed E-state index contributed by atoms with van der Waals surface area (Å²) in [5.41, 5.74) is -1.93. The van der Waals surface area contributed by atoms with Gasteiger partial charge in [-0.3, -0.25) is 4.79 Å². The van der Waals surface area contributed by atoms with E-state index in [0.717, 1.165) is 15.6 Å². The van der Waals surface area contributed by atoms with E-state index in [4.69, 9.17) is 0 Å². The zero-order valence-electron chi connectivity index (χ0n) is 16.8. The van der Waals surface area contributed by atoms with Crippen LogP contribution in [0.1, 0.15) is 35.6 Å². The molecule has 170 valence electrons. The van der Waals surface area contributed by atoms with Crippen LogP contribution in [-0.2, 0) is 23.6 Å². The van der Waals surface area contributed by atoms with Gasteiger partial charge < -0.3 is 5.32 Å². The van der Waals surface area contributed by atoms with Crippen LogP contribution in [0.5, 0.6) is 0 Å². The Kier molecular flexibility index (Phi) is 6.97. The Labute approximate surface area is 184 Å². The lowest BCUT2D eigenvalue weighted by atomic mass is 10.0. The Bertz CT molecular complexity index is 1100. The Balaban J connectivity index is 1.82. The van der Waals surface area contributed by atoms with Gasteiger partial charge in [-0.25, -0.2) is 0 Å². The SMILES string of the molecule is CC(=O)NC(CC=Cc1cc(C(F)(F)F)cc(C(F)(F)F)c1)Cc1csc2ccccc12. The largest absolute Gasteiger partial charge is 0.416 e. The highest BCUT2D eigenvalue weighted by Crippen LogP contribution is 2.36. The lowest BCUT2D eigenvalue weighted by Gasteiger charge is -2.16. The molecule has 1 amide bonds. The van der Waals surface area contributed by atoms with E-state index < -0.39 is 23.5 Å². The fourth-order valence-electron chi connectivity index (χ4n) is 3.38. The maximum atomic E-state index is 13.0. The molecule has 0 fully saturated rings. The fourth-order valence-corrected chi connectivity index (χ4v) is 4.36. The van der Waals surface area contributed by atoms with E-state index in [0.29, 0.717) is 18.6 Å². The van der Waals surface area contributed by atoms with Crippen LogP contribution in [-0.4, -0.2) is 11.9 Å². The third-order valence-electron chi connectivity index (χ3n) is 4.78. The van der Waals surface area contributed by atoms with Crippen LogP contribution < -0.4 is 5.32 Å². The summed E-state index contributed by atoms with van der Waals surface area (Å²) in [6, 6.07) is 8.83. The second-order valence-corrected chi connectivity index (χ2v) is 8.25. The van der Waals surface area contributed by atoms with Gasteiger partial charge in [0.1, 0.15) is 0 Å². The van der Waals surface area contributed by atoms with Crippen molar-refractivity contribution in [3.05, 3.63) is 76.2 Å². The zero-order valence-corrected chi connectivity index (χ0v) is 17.7. The van der Waals surface area contributed by atoms with Crippen molar-refractivity contribution < 1.29 is 31.1 Å². The molecule has 0 spiro atoms. The standard InChI is InChI=1S/C23H19F6NOS/c1-14(31)30-19(11-16-13-32-21-8-3-2-7-20(16)21)6-4-5-15-9-17(22(24,25)26)12-18(10-15)23(27,28)29/h2-5,7-10,12-13,19H,6,11H2,1H3,(H,30,31). The highest BCUT2D eigenvalue weighted by Gasteiger charge is 2.36. The van der Waals surface area contributed by atoms with Crippen LogP contribution in [0.3, 0.4) is 0 Å². The first-order valence-electron chi connectivity index (χ1n) is 9.61. The quantitative estimate of drug-likeness (QED) is 0.382. The molecule has 2 nitrogen and oxygen atoms in total. The fraction of sp³-hybridized carbons (Fsp3) is 0.261. The molecule has 0 saturated heterocycles. The van der Waals surface area contributed by atoms with E-state index in [1.54, 1.807) is 11.3 Å². The number of carbonyl (C=O) groups excluding carboxylic acids is 1. The smallest absolute Gasteiger partial charge is 0.353 e. The average Bonchev–Trinajstić information content (AvgIpc) is 3.09. The number of nitrogens with one attached hydrogen (secondary N) is 1. The van der Waals surface area contributed by atoms with E-state index in [2.05, 4.69) is 5.32 Å². The number of amides is 1. The minimum absolute atomic E-state index is 0.0964. The summed E-state index contributed by atoms with van der Waals surface area (Å²) in [4.78, 5) is 11.6. The van der Waals surface area contributed by atoms with E-state index in [1.165, 1.54) is 19.1 Å². The predicted molar refractivity (Wildman–Crippen MR) is 113 cm³/mol. The first kappa shape index (κ1) is 23.8. The van der Waals surface area contributed by atoms with Gasteiger partial charge in [-0.15, -0.1) is 11.3 Å². The first-order valence-corrected chi connectivity index (χ1v) is 10.5. The first-order chi connectivity index (χ1) is 14.9. The molecule has 3 rings (SSSR count). The Morgan fingerprint density at radius 3 is 2.25 bits per heavy atom. The minimum Gasteiger partial charge on any atom is -0.353 e. The van der Waals surface area contributed by atoms with Crippen molar-refractivity contribution >= 4 is 33.4 Å². The lowest BCUT2D eigenvalue weighted by molar-refractivity contribution is -0.143. The topological polar surface area (TPSA) is 29.1 Å². The van der Waals surface area contributed by atoms with E-state index in [-0.39, 0.29) is 30.0 Å². The summed E-state index contributed by atoms with van der Waals surface area (Å²) in [5.74, 6) is -0.277. The monoisotopic (exact) mass is 471 g/mol. The number of halogens is 6. The van der Waals surface area contributed by atoms with Crippen molar-refractivity contribution in [1.29, 1.82) is 0 Å². The van der Waals surface area contributed by atoms with Crippen molar-refractivity contribution in [2.45, 2.75) is 38.2 Å². The highest BCUT2D eigenvalue weighted by molar-refractivity contribution is 7.17.